The first-order valence-corrected chi connectivity index (χ1v) is 10.0. The van der Waals surface area contributed by atoms with Crippen LogP contribution in [0.4, 0.5) is 5.69 Å². The number of para-hydroxylation sites is 1. The van der Waals surface area contributed by atoms with Crippen molar-refractivity contribution in [3.05, 3.63) is 74.4 Å². The summed E-state index contributed by atoms with van der Waals surface area (Å²) in [6.45, 7) is 9.58. The molecule has 7 nitrogen and oxygen atoms in total. The Morgan fingerprint density at radius 3 is 2.42 bits per heavy atom. The van der Waals surface area contributed by atoms with Gasteiger partial charge in [-0.25, -0.2) is 0 Å². The van der Waals surface area contributed by atoms with Gasteiger partial charge in [-0.05, 0) is 29.2 Å². The first-order chi connectivity index (χ1) is 14.5. The Bertz CT molecular complexity index is 1220. The largest absolute Gasteiger partial charge is 0.508 e. The molecule has 0 saturated heterocycles. The van der Waals surface area contributed by atoms with Gasteiger partial charge in [0, 0.05) is 39.8 Å². The predicted molar refractivity (Wildman–Crippen MR) is 123 cm³/mol. The van der Waals surface area contributed by atoms with E-state index in [1.54, 1.807) is 30.3 Å². The summed E-state index contributed by atoms with van der Waals surface area (Å²) >= 11 is 0. The van der Waals surface area contributed by atoms with Crippen molar-refractivity contribution in [2.45, 2.75) is 45.4 Å². The third-order valence-electron chi connectivity index (χ3n) is 5.41. The number of benzene rings is 2. The molecule has 162 valence electrons. The van der Waals surface area contributed by atoms with Gasteiger partial charge in [-0.3, -0.25) is 9.59 Å². The Balaban J connectivity index is 2.08. The van der Waals surface area contributed by atoms with Gasteiger partial charge in [-0.2, -0.15) is 4.91 Å². The third kappa shape index (κ3) is 4.35. The minimum atomic E-state index is -0.677. The molecule has 1 heterocycles. The van der Waals surface area contributed by atoms with Crippen molar-refractivity contribution in [3.8, 4) is 5.75 Å². The van der Waals surface area contributed by atoms with Gasteiger partial charge in [0.25, 0.3) is 5.91 Å². The van der Waals surface area contributed by atoms with E-state index in [2.05, 4.69) is 15.5 Å². The lowest BCUT2D eigenvalue weighted by Gasteiger charge is -2.29. The van der Waals surface area contributed by atoms with Gasteiger partial charge in [0.05, 0.1) is 6.54 Å². The lowest BCUT2D eigenvalue weighted by molar-refractivity contribution is 0.102. The quantitative estimate of drug-likeness (QED) is 0.512. The molecule has 0 unspecified atom stereocenters. The number of nitroso groups, excluding NO2 is 1. The average Bonchev–Trinajstić information content (AvgIpc) is 2.67. The number of aromatic nitrogens is 1. The third-order valence-corrected chi connectivity index (χ3v) is 5.41. The fraction of sp³-hybridized carbons (Fsp3) is 0.333. The zero-order valence-corrected chi connectivity index (χ0v) is 18.4. The van der Waals surface area contributed by atoms with Crippen LogP contribution in [0.2, 0.25) is 0 Å². The van der Waals surface area contributed by atoms with E-state index in [1.165, 1.54) is 12.3 Å². The normalized spacial score (nSPS) is 12.0. The molecule has 0 radical (unpaired) electrons. The number of aromatic amines is 1. The first kappa shape index (κ1) is 22.2. The average molecular weight is 421 g/mol. The molecule has 0 bridgehead atoms. The summed E-state index contributed by atoms with van der Waals surface area (Å²) in [7, 11) is 0. The number of nitrogens with one attached hydrogen (secondary N) is 2. The topological polar surface area (TPSA) is 112 Å². The number of fused-ring (bicyclic) bond motifs is 1. The molecule has 0 fully saturated rings. The van der Waals surface area contributed by atoms with Crippen molar-refractivity contribution in [2.24, 2.45) is 5.18 Å². The molecule has 0 spiro atoms. The minimum absolute atomic E-state index is 0.00230. The van der Waals surface area contributed by atoms with E-state index in [4.69, 9.17) is 0 Å². The second-order valence-electron chi connectivity index (χ2n) is 9.37. The Hall–Kier alpha value is -3.48. The summed E-state index contributed by atoms with van der Waals surface area (Å²) in [6, 6.07) is 10.2. The molecule has 3 rings (SSSR count). The van der Waals surface area contributed by atoms with E-state index in [0.717, 1.165) is 5.56 Å². The van der Waals surface area contributed by atoms with Gasteiger partial charge in [-0.15, -0.1) is 0 Å². The van der Waals surface area contributed by atoms with Gasteiger partial charge in [0.15, 0.2) is 0 Å². The number of hydrogen-bond acceptors (Lipinski definition) is 5. The highest BCUT2D eigenvalue weighted by atomic mass is 16.3. The maximum Gasteiger partial charge on any atom is 0.261 e. The summed E-state index contributed by atoms with van der Waals surface area (Å²) in [6.07, 6.45) is 1.39. The highest BCUT2D eigenvalue weighted by molar-refractivity contribution is 6.06. The number of nitrogens with zero attached hydrogens (tertiary/aromatic N) is 1. The summed E-state index contributed by atoms with van der Waals surface area (Å²) in [5, 5.41) is 16.9. The Kier molecular flexibility index (Phi) is 5.72. The van der Waals surface area contributed by atoms with Crippen LogP contribution in [0.3, 0.4) is 0 Å². The summed E-state index contributed by atoms with van der Waals surface area (Å²) in [5.74, 6) is -0.622. The lowest BCUT2D eigenvalue weighted by atomic mass is 9.78. The Labute approximate surface area is 180 Å². The highest BCUT2D eigenvalue weighted by Crippen LogP contribution is 2.40. The van der Waals surface area contributed by atoms with Crippen LogP contribution in [0.1, 0.15) is 56.1 Å². The number of aromatic hydroxyl groups is 1. The molecule has 31 heavy (non-hydrogen) atoms. The lowest BCUT2D eigenvalue weighted by Crippen LogP contribution is -2.26. The van der Waals surface area contributed by atoms with Crippen molar-refractivity contribution < 1.29 is 9.90 Å². The number of pyridine rings is 1. The number of hydrogen-bond donors (Lipinski definition) is 3. The Morgan fingerprint density at radius 2 is 1.77 bits per heavy atom. The number of H-pyrrole nitrogens is 1. The summed E-state index contributed by atoms with van der Waals surface area (Å²) in [4.78, 5) is 39.6. The van der Waals surface area contributed by atoms with Gasteiger partial charge < -0.3 is 15.4 Å². The molecule has 0 saturated carbocycles. The number of amides is 1. The molecule has 1 aromatic heterocycles. The van der Waals surface area contributed by atoms with E-state index in [-0.39, 0.29) is 28.7 Å². The van der Waals surface area contributed by atoms with Crippen molar-refractivity contribution in [3.63, 3.8) is 0 Å². The maximum atomic E-state index is 13.0. The zero-order valence-electron chi connectivity index (χ0n) is 18.4. The zero-order chi connectivity index (χ0) is 23.0. The van der Waals surface area contributed by atoms with Gasteiger partial charge in [-0.1, -0.05) is 51.9 Å². The van der Waals surface area contributed by atoms with Crippen LogP contribution in [0.5, 0.6) is 5.75 Å². The van der Waals surface area contributed by atoms with Crippen LogP contribution >= 0.6 is 0 Å². The highest BCUT2D eigenvalue weighted by Gasteiger charge is 2.29. The van der Waals surface area contributed by atoms with E-state index in [9.17, 15) is 19.6 Å². The fourth-order valence-corrected chi connectivity index (χ4v) is 3.63. The number of phenolic OH excluding ortho intramolecular Hbond substituents is 1. The number of carbonyl (C=O) groups excluding carboxylic acids is 1. The van der Waals surface area contributed by atoms with Crippen LogP contribution in [0.15, 0.2) is 52.6 Å². The Morgan fingerprint density at radius 1 is 1.10 bits per heavy atom. The predicted octanol–water partition coefficient (Wildman–Crippen LogP) is 4.83. The van der Waals surface area contributed by atoms with Crippen LogP contribution < -0.4 is 10.7 Å². The number of anilines is 1. The standard InChI is InChI=1S/C24H27N3O4/c1-23(2,3)16-10-17(24(4,5)13-26-31)20(28)11-19(16)27-22(30)15-12-25-18-9-7-6-8-14(18)21(15)29/h6-12,28H,13H2,1-5H3,(H,25,29)(H,27,30). The van der Waals surface area contributed by atoms with Gasteiger partial charge in [0.2, 0.25) is 5.43 Å². The van der Waals surface area contributed by atoms with Crippen molar-refractivity contribution in [1.29, 1.82) is 0 Å². The SMILES string of the molecule is CC(C)(C)c1cc(C(C)(C)CN=O)c(O)cc1NC(=O)c1c[nH]c2ccccc2c1=O. The van der Waals surface area contributed by atoms with E-state index in [1.807, 2.05) is 34.6 Å². The smallest absolute Gasteiger partial charge is 0.261 e. The van der Waals surface area contributed by atoms with E-state index < -0.39 is 11.3 Å². The number of phenols is 1. The second kappa shape index (κ2) is 7.98. The van der Waals surface area contributed by atoms with Crippen LogP contribution in [0, 0.1) is 4.91 Å². The molecule has 3 aromatic rings. The molecule has 0 aliphatic heterocycles. The van der Waals surface area contributed by atoms with E-state index in [0.29, 0.717) is 22.2 Å². The molecule has 2 aromatic carbocycles. The molecule has 0 aliphatic rings. The number of rotatable bonds is 5. The van der Waals surface area contributed by atoms with E-state index >= 15 is 0 Å². The number of carbonyl (C=O) groups is 1. The van der Waals surface area contributed by atoms with Crippen molar-refractivity contribution >= 4 is 22.5 Å². The summed E-state index contributed by atoms with van der Waals surface area (Å²) in [5.41, 5.74) is 0.933. The maximum absolute atomic E-state index is 13.0. The molecule has 1 amide bonds. The molecule has 3 N–H and O–H groups in total. The molecule has 0 aliphatic carbocycles. The molecular formula is C24H27N3O4. The van der Waals surface area contributed by atoms with Crippen molar-refractivity contribution in [1.82, 2.24) is 4.98 Å². The van der Waals surface area contributed by atoms with Crippen LogP contribution in [-0.2, 0) is 10.8 Å². The monoisotopic (exact) mass is 421 g/mol. The first-order valence-electron chi connectivity index (χ1n) is 10.0. The molecular weight excluding hydrogens is 394 g/mol. The van der Waals surface area contributed by atoms with Crippen LogP contribution in [-0.4, -0.2) is 22.5 Å². The van der Waals surface area contributed by atoms with Gasteiger partial charge in [0.1, 0.15) is 11.3 Å². The van der Waals surface area contributed by atoms with Gasteiger partial charge >= 0.3 is 0 Å². The summed E-state index contributed by atoms with van der Waals surface area (Å²) < 4.78 is 0. The fourth-order valence-electron chi connectivity index (χ4n) is 3.63. The van der Waals surface area contributed by atoms with Crippen molar-refractivity contribution in [2.75, 3.05) is 11.9 Å². The second-order valence-corrected chi connectivity index (χ2v) is 9.37. The minimum Gasteiger partial charge on any atom is -0.508 e. The molecule has 7 heteroatoms. The molecule has 0 atom stereocenters. The van der Waals surface area contributed by atoms with Crippen LogP contribution in [0.25, 0.3) is 10.9 Å².